The molecule has 1 aromatic heterocycles. The molecule has 3 rings (SSSR count). The van der Waals surface area contributed by atoms with Crippen LogP contribution in [0.15, 0.2) is 73.1 Å². The van der Waals surface area contributed by atoms with E-state index in [4.69, 9.17) is 9.47 Å². The fourth-order valence-corrected chi connectivity index (χ4v) is 2.43. The maximum atomic E-state index is 12.3. The van der Waals surface area contributed by atoms with Gasteiger partial charge in [0.2, 0.25) is 0 Å². The Hall–Kier alpha value is -3.54. The van der Waals surface area contributed by atoms with Crippen LogP contribution in [0.1, 0.15) is 10.4 Å². The zero-order valence-corrected chi connectivity index (χ0v) is 15.0. The Kier molecular flexibility index (Phi) is 6.25. The second-order valence-corrected chi connectivity index (χ2v) is 5.73. The molecule has 6 heteroatoms. The highest BCUT2D eigenvalue weighted by molar-refractivity contribution is 5.94. The molecule has 138 valence electrons. The molecule has 6 nitrogen and oxygen atoms in total. The van der Waals surface area contributed by atoms with Crippen molar-refractivity contribution in [2.24, 2.45) is 0 Å². The molecule has 27 heavy (non-hydrogen) atoms. The predicted octanol–water partition coefficient (Wildman–Crippen LogP) is 3.64. The highest BCUT2D eigenvalue weighted by atomic mass is 16.5. The zero-order valence-electron chi connectivity index (χ0n) is 15.0. The van der Waals surface area contributed by atoms with Gasteiger partial charge in [0, 0.05) is 11.9 Å². The summed E-state index contributed by atoms with van der Waals surface area (Å²) >= 11 is 0. The summed E-state index contributed by atoms with van der Waals surface area (Å²) in [5.41, 5.74) is 2.17. The second-order valence-electron chi connectivity index (χ2n) is 5.73. The highest BCUT2D eigenvalue weighted by Gasteiger charge is 2.07. The molecule has 0 saturated heterocycles. The summed E-state index contributed by atoms with van der Waals surface area (Å²) < 4.78 is 10.7. The number of ether oxygens (including phenoxy) is 2. The SMILES string of the molecule is COc1ccc(OCCNC(=O)c2cncc(Nc3ccccc3)c2)cc1. The molecule has 0 aliphatic carbocycles. The third kappa shape index (κ3) is 5.47. The number of anilines is 2. The Labute approximate surface area is 158 Å². The summed E-state index contributed by atoms with van der Waals surface area (Å²) in [7, 11) is 1.62. The molecular weight excluding hydrogens is 342 g/mol. The average molecular weight is 363 g/mol. The molecular formula is C21H21N3O3. The van der Waals surface area contributed by atoms with Gasteiger partial charge in [-0.25, -0.2) is 0 Å². The average Bonchev–Trinajstić information content (AvgIpc) is 2.72. The Morgan fingerprint density at radius 3 is 2.44 bits per heavy atom. The number of aromatic nitrogens is 1. The quantitative estimate of drug-likeness (QED) is 0.598. The van der Waals surface area contributed by atoms with Crippen LogP contribution in [0.25, 0.3) is 0 Å². The van der Waals surface area contributed by atoms with Crippen LogP contribution < -0.4 is 20.1 Å². The number of hydrogen-bond acceptors (Lipinski definition) is 5. The standard InChI is InChI=1S/C21H21N3O3/c1-26-19-7-9-20(10-8-19)27-12-11-23-21(25)16-13-18(15-22-14-16)24-17-5-3-2-4-6-17/h2-10,13-15,24H,11-12H2,1H3,(H,23,25). The number of carbonyl (C=O) groups excluding carboxylic acids is 1. The monoisotopic (exact) mass is 363 g/mol. The molecule has 2 aromatic carbocycles. The fraction of sp³-hybridized carbons (Fsp3) is 0.143. The van der Waals surface area contributed by atoms with E-state index in [1.165, 1.54) is 6.20 Å². The van der Waals surface area contributed by atoms with E-state index in [1.54, 1.807) is 19.4 Å². The summed E-state index contributed by atoms with van der Waals surface area (Å²) in [5.74, 6) is 1.30. The second kappa shape index (κ2) is 9.24. The Bertz CT molecular complexity index is 867. The van der Waals surface area contributed by atoms with Gasteiger partial charge in [0.1, 0.15) is 18.1 Å². The van der Waals surface area contributed by atoms with Gasteiger partial charge in [0.15, 0.2) is 0 Å². The number of benzene rings is 2. The Morgan fingerprint density at radius 1 is 0.963 bits per heavy atom. The number of pyridine rings is 1. The van der Waals surface area contributed by atoms with E-state index in [-0.39, 0.29) is 5.91 Å². The predicted molar refractivity (Wildman–Crippen MR) is 105 cm³/mol. The van der Waals surface area contributed by atoms with Crippen molar-refractivity contribution in [2.45, 2.75) is 0 Å². The number of amides is 1. The number of nitrogens with zero attached hydrogens (tertiary/aromatic N) is 1. The van der Waals surface area contributed by atoms with E-state index >= 15 is 0 Å². The van der Waals surface area contributed by atoms with Crippen molar-refractivity contribution < 1.29 is 14.3 Å². The molecule has 0 spiro atoms. The fourth-order valence-electron chi connectivity index (χ4n) is 2.43. The molecule has 2 N–H and O–H groups in total. The molecule has 0 radical (unpaired) electrons. The maximum Gasteiger partial charge on any atom is 0.253 e. The number of carbonyl (C=O) groups is 1. The van der Waals surface area contributed by atoms with Crippen molar-refractivity contribution in [3.63, 3.8) is 0 Å². The van der Waals surface area contributed by atoms with Gasteiger partial charge in [-0.3, -0.25) is 9.78 Å². The van der Waals surface area contributed by atoms with Gasteiger partial charge in [0.05, 0.1) is 31.1 Å². The van der Waals surface area contributed by atoms with Crippen LogP contribution in [0.4, 0.5) is 11.4 Å². The lowest BCUT2D eigenvalue weighted by Gasteiger charge is -2.10. The molecule has 1 heterocycles. The summed E-state index contributed by atoms with van der Waals surface area (Å²) in [6.07, 6.45) is 3.21. The third-order valence-corrected chi connectivity index (χ3v) is 3.78. The molecule has 3 aromatic rings. The summed E-state index contributed by atoms with van der Waals surface area (Å²) in [5, 5.41) is 6.05. The van der Waals surface area contributed by atoms with Crippen LogP contribution >= 0.6 is 0 Å². The van der Waals surface area contributed by atoms with E-state index < -0.39 is 0 Å². The third-order valence-electron chi connectivity index (χ3n) is 3.78. The van der Waals surface area contributed by atoms with Gasteiger partial charge in [-0.2, -0.15) is 0 Å². The summed E-state index contributed by atoms with van der Waals surface area (Å²) in [6.45, 7) is 0.759. The zero-order chi connectivity index (χ0) is 18.9. The van der Waals surface area contributed by atoms with Crippen LogP contribution in [-0.4, -0.2) is 31.2 Å². The van der Waals surface area contributed by atoms with Crippen LogP contribution in [0.5, 0.6) is 11.5 Å². The first-order valence-electron chi connectivity index (χ1n) is 8.57. The minimum absolute atomic E-state index is 0.197. The molecule has 0 aliphatic heterocycles. The topological polar surface area (TPSA) is 72.5 Å². The van der Waals surface area contributed by atoms with Crippen LogP contribution in [-0.2, 0) is 0 Å². The normalized spacial score (nSPS) is 10.1. The number of rotatable bonds is 8. The van der Waals surface area contributed by atoms with E-state index in [9.17, 15) is 4.79 Å². The molecule has 0 aliphatic rings. The molecule has 0 unspecified atom stereocenters. The number of para-hydroxylation sites is 1. The van der Waals surface area contributed by atoms with Crippen LogP contribution in [0.2, 0.25) is 0 Å². The molecule has 0 bridgehead atoms. The van der Waals surface area contributed by atoms with Gasteiger partial charge >= 0.3 is 0 Å². The first-order chi connectivity index (χ1) is 13.2. The van der Waals surface area contributed by atoms with E-state index in [2.05, 4.69) is 15.6 Å². The van der Waals surface area contributed by atoms with Crippen molar-refractivity contribution in [3.8, 4) is 11.5 Å². The lowest BCUT2D eigenvalue weighted by Crippen LogP contribution is -2.28. The van der Waals surface area contributed by atoms with Crippen molar-refractivity contribution in [1.82, 2.24) is 10.3 Å². The molecule has 1 amide bonds. The minimum Gasteiger partial charge on any atom is -0.497 e. The first kappa shape index (κ1) is 18.3. The van der Waals surface area contributed by atoms with Gasteiger partial charge < -0.3 is 20.1 Å². The minimum atomic E-state index is -0.197. The largest absolute Gasteiger partial charge is 0.497 e. The number of hydrogen-bond donors (Lipinski definition) is 2. The van der Waals surface area contributed by atoms with Crippen molar-refractivity contribution in [1.29, 1.82) is 0 Å². The Morgan fingerprint density at radius 2 is 1.70 bits per heavy atom. The summed E-state index contributed by atoms with van der Waals surface area (Å²) in [4.78, 5) is 16.4. The maximum absolute atomic E-state index is 12.3. The molecule has 0 saturated carbocycles. The van der Waals surface area contributed by atoms with Gasteiger partial charge in [0.25, 0.3) is 5.91 Å². The summed E-state index contributed by atoms with van der Waals surface area (Å²) in [6, 6.07) is 18.8. The van der Waals surface area contributed by atoms with Crippen LogP contribution in [0, 0.1) is 0 Å². The van der Waals surface area contributed by atoms with Crippen molar-refractivity contribution in [3.05, 3.63) is 78.6 Å². The van der Waals surface area contributed by atoms with Gasteiger partial charge in [-0.1, -0.05) is 18.2 Å². The smallest absolute Gasteiger partial charge is 0.253 e. The number of methoxy groups -OCH3 is 1. The van der Waals surface area contributed by atoms with E-state index in [0.29, 0.717) is 18.7 Å². The lowest BCUT2D eigenvalue weighted by atomic mass is 10.2. The highest BCUT2D eigenvalue weighted by Crippen LogP contribution is 2.17. The van der Waals surface area contributed by atoms with E-state index in [1.807, 2.05) is 54.6 Å². The molecule has 0 fully saturated rings. The molecule has 0 atom stereocenters. The first-order valence-corrected chi connectivity index (χ1v) is 8.57. The lowest BCUT2D eigenvalue weighted by molar-refractivity contribution is 0.0946. The van der Waals surface area contributed by atoms with Crippen molar-refractivity contribution in [2.75, 3.05) is 25.6 Å². The van der Waals surface area contributed by atoms with Gasteiger partial charge in [-0.15, -0.1) is 0 Å². The van der Waals surface area contributed by atoms with Gasteiger partial charge in [-0.05, 0) is 42.5 Å². The van der Waals surface area contributed by atoms with E-state index in [0.717, 1.165) is 22.9 Å². The van der Waals surface area contributed by atoms with Crippen LogP contribution in [0.3, 0.4) is 0 Å². The Balaban J connectivity index is 1.48. The number of nitrogens with one attached hydrogen (secondary N) is 2. The van der Waals surface area contributed by atoms with Crippen molar-refractivity contribution >= 4 is 17.3 Å².